The van der Waals surface area contributed by atoms with E-state index in [1.807, 2.05) is 39.0 Å². The first-order valence-corrected chi connectivity index (χ1v) is 9.00. The number of hydrogen-bond acceptors (Lipinski definition) is 3. The van der Waals surface area contributed by atoms with Crippen LogP contribution in [0.2, 0.25) is 5.02 Å². The lowest BCUT2D eigenvalue weighted by Gasteiger charge is -2.17. The molecule has 0 aliphatic carbocycles. The second-order valence-corrected chi connectivity index (χ2v) is 5.70. The van der Waals surface area contributed by atoms with Crippen LogP contribution in [0, 0.1) is 6.92 Å². The highest BCUT2D eigenvalue weighted by molar-refractivity contribution is 6.35. The lowest BCUT2D eigenvalue weighted by molar-refractivity contribution is 0.0944. The molecule has 0 aliphatic heterocycles. The Balaban J connectivity index is 0.00000139. The normalized spacial score (nSPS) is 10.5. The van der Waals surface area contributed by atoms with E-state index >= 15 is 0 Å². The Morgan fingerprint density at radius 1 is 1.21 bits per heavy atom. The summed E-state index contributed by atoms with van der Waals surface area (Å²) < 4.78 is 0. The summed E-state index contributed by atoms with van der Waals surface area (Å²) in [6, 6.07) is 7.47. The highest BCUT2D eigenvalue weighted by atomic mass is 35.5. The van der Waals surface area contributed by atoms with Crippen molar-refractivity contribution in [3.63, 3.8) is 0 Å². The van der Waals surface area contributed by atoms with Gasteiger partial charge in [-0.3, -0.25) is 4.79 Å². The van der Waals surface area contributed by atoms with Crippen molar-refractivity contribution in [2.24, 2.45) is 0 Å². The molecule has 0 radical (unpaired) electrons. The Kier molecular flexibility index (Phi) is 8.72. The lowest BCUT2D eigenvalue weighted by atomic mass is 10.1. The number of carbonyl (C=O) groups is 1. The van der Waals surface area contributed by atoms with Gasteiger partial charge in [-0.05, 0) is 38.2 Å². The van der Waals surface area contributed by atoms with Gasteiger partial charge < -0.3 is 10.2 Å². The zero-order chi connectivity index (χ0) is 18.1. The molecule has 0 bridgehead atoms. The number of aryl methyl sites for hydroxylation is 1. The zero-order valence-corrected chi connectivity index (χ0v) is 16.1. The number of amides is 1. The molecule has 2 aromatic rings. The van der Waals surface area contributed by atoms with Gasteiger partial charge in [0.15, 0.2) is 0 Å². The highest BCUT2D eigenvalue weighted by Gasteiger charge is 2.11. The SMILES string of the molecule is CC.CCN(CC)CCNC(=O)c1cc(Cl)c2cc(C)ccc2n1. The molecule has 1 heterocycles. The van der Waals surface area contributed by atoms with E-state index < -0.39 is 0 Å². The molecule has 0 saturated heterocycles. The Labute approximate surface area is 150 Å². The van der Waals surface area contributed by atoms with Crippen LogP contribution < -0.4 is 5.32 Å². The molecule has 1 amide bonds. The predicted molar refractivity (Wildman–Crippen MR) is 103 cm³/mol. The van der Waals surface area contributed by atoms with Gasteiger partial charge >= 0.3 is 0 Å². The summed E-state index contributed by atoms with van der Waals surface area (Å²) in [5, 5.41) is 4.33. The zero-order valence-electron chi connectivity index (χ0n) is 15.3. The standard InChI is InChI=1S/C17H22ClN3O.C2H6/c1-4-21(5-2)9-8-19-17(22)16-11-14(18)13-10-12(3)6-7-15(13)20-16;1-2/h6-7,10-11H,4-5,8-9H2,1-3H3,(H,19,22);1-2H3. The number of likely N-dealkylation sites (N-methyl/N-ethyl adjacent to an activating group) is 1. The first-order chi connectivity index (χ1) is 11.5. The van der Waals surface area contributed by atoms with Crippen LogP contribution in [0.15, 0.2) is 24.3 Å². The molecule has 5 heteroatoms. The average molecular weight is 350 g/mol. The van der Waals surface area contributed by atoms with Crippen LogP contribution in [0.25, 0.3) is 10.9 Å². The summed E-state index contributed by atoms with van der Waals surface area (Å²) >= 11 is 6.28. The molecule has 0 atom stereocenters. The third-order valence-corrected chi connectivity index (χ3v) is 4.07. The molecule has 4 nitrogen and oxygen atoms in total. The fourth-order valence-corrected chi connectivity index (χ4v) is 2.63. The van der Waals surface area contributed by atoms with E-state index in [0.29, 0.717) is 17.3 Å². The van der Waals surface area contributed by atoms with Crippen LogP contribution in [0.1, 0.15) is 43.7 Å². The summed E-state index contributed by atoms with van der Waals surface area (Å²) in [5.41, 5.74) is 2.22. The fraction of sp³-hybridized carbons (Fsp3) is 0.474. The van der Waals surface area contributed by atoms with Crippen molar-refractivity contribution in [1.82, 2.24) is 15.2 Å². The average Bonchev–Trinajstić information content (AvgIpc) is 2.60. The molecule has 2 rings (SSSR count). The Morgan fingerprint density at radius 3 is 2.50 bits per heavy atom. The molecule has 24 heavy (non-hydrogen) atoms. The van der Waals surface area contributed by atoms with E-state index in [2.05, 4.69) is 29.0 Å². The number of hydrogen-bond donors (Lipinski definition) is 1. The van der Waals surface area contributed by atoms with Crippen molar-refractivity contribution < 1.29 is 4.79 Å². The van der Waals surface area contributed by atoms with Gasteiger partial charge in [0.2, 0.25) is 0 Å². The van der Waals surface area contributed by atoms with Gasteiger partial charge in [0.1, 0.15) is 5.69 Å². The second-order valence-electron chi connectivity index (χ2n) is 5.29. The van der Waals surface area contributed by atoms with E-state index in [1.54, 1.807) is 6.07 Å². The van der Waals surface area contributed by atoms with E-state index in [-0.39, 0.29) is 5.91 Å². The molecule has 0 unspecified atom stereocenters. The van der Waals surface area contributed by atoms with Crippen LogP contribution in [0.3, 0.4) is 0 Å². The van der Waals surface area contributed by atoms with Crippen LogP contribution in [0.4, 0.5) is 0 Å². The Bertz CT molecular complexity index is 669. The maximum absolute atomic E-state index is 12.2. The Morgan fingerprint density at radius 2 is 1.88 bits per heavy atom. The number of benzene rings is 1. The van der Waals surface area contributed by atoms with E-state index in [4.69, 9.17) is 11.6 Å². The van der Waals surface area contributed by atoms with Crippen LogP contribution in [0.5, 0.6) is 0 Å². The van der Waals surface area contributed by atoms with Gasteiger partial charge in [0.05, 0.1) is 10.5 Å². The summed E-state index contributed by atoms with van der Waals surface area (Å²) in [4.78, 5) is 18.9. The topological polar surface area (TPSA) is 45.2 Å². The number of halogens is 1. The molecular weight excluding hydrogens is 322 g/mol. The maximum atomic E-state index is 12.2. The minimum atomic E-state index is -0.184. The second kappa shape index (κ2) is 10.3. The lowest BCUT2D eigenvalue weighted by Crippen LogP contribution is -2.35. The number of pyridine rings is 1. The number of fused-ring (bicyclic) bond motifs is 1. The molecule has 0 fully saturated rings. The van der Waals surface area contributed by atoms with E-state index in [0.717, 1.165) is 36.1 Å². The van der Waals surface area contributed by atoms with Gasteiger partial charge in [-0.1, -0.05) is 50.9 Å². The minimum absolute atomic E-state index is 0.184. The first kappa shape index (κ1) is 20.4. The van der Waals surface area contributed by atoms with Gasteiger partial charge in [0, 0.05) is 18.5 Å². The molecule has 0 spiro atoms. The third-order valence-electron chi connectivity index (χ3n) is 3.75. The molecular formula is C19H28ClN3O. The van der Waals surface area contributed by atoms with Crippen molar-refractivity contribution in [2.45, 2.75) is 34.6 Å². The number of carbonyl (C=O) groups excluding carboxylic acids is 1. The van der Waals surface area contributed by atoms with Crippen molar-refractivity contribution in [3.05, 3.63) is 40.5 Å². The van der Waals surface area contributed by atoms with Crippen molar-refractivity contribution in [3.8, 4) is 0 Å². The number of nitrogens with zero attached hydrogens (tertiary/aromatic N) is 2. The predicted octanol–water partition coefficient (Wildman–Crippen LogP) is 4.29. The van der Waals surface area contributed by atoms with E-state index in [1.165, 1.54) is 0 Å². The smallest absolute Gasteiger partial charge is 0.270 e. The number of nitrogens with one attached hydrogen (secondary N) is 1. The first-order valence-electron chi connectivity index (χ1n) is 8.62. The third kappa shape index (κ3) is 5.46. The van der Waals surface area contributed by atoms with Crippen LogP contribution in [-0.4, -0.2) is 42.0 Å². The minimum Gasteiger partial charge on any atom is -0.349 e. The quantitative estimate of drug-likeness (QED) is 0.845. The molecule has 0 saturated carbocycles. The van der Waals surface area contributed by atoms with Gasteiger partial charge in [-0.2, -0.15) is 0 Å². The molecule has 1 N–H and O–H groups in total. The summed E-state index contributed by atoms with van der Waals surface area (Å²) in [6.07, 6.45) is 0. The van der Waals surface area contributed by atoms with Crippen molar-refractivity contribution in [1.29, 1.82) is 0 Å². The highest BCUT2D eigenvalue weighted by Crippen LogP contribution is 2.24. The summed E-state index contributed by atoms with van der Waals surface area (Å²) in [6.45, 7) is 13.6. The van der Waals surface area contributed by atoms with Crippen LogP contribution >= 0.6 is 11.6 Å². The fourth-order valence-electron chi connectivity index (χ4n) is 2.37. The molecule has 0 aliphatic rings. The molecule has 1 aromatic carbocycles. The maximum Gasteiger partial charge on any atom is 0.270 e. The van der Waals surface area contributed by atoms with Gasteiger partial charge in [0.25, 0.3) is 5.91 Å². The summed E-state index contributed by atoms with van der Waals surface area (Å²) in [7, 11) is 0. The largest absolute Gasteiger partial charge is 0.349 e. The molecule has 132 valence electrons. The molecule has 1 aromatic heterocycles. The number of rotatable bonds is 6. The van der Waals surface area contributed by atoms with Crippen LogP contribution in [-0.2, 0) is 0 Å². The Hall–Kier alpha value is -1.65. The van der Waals surface area contributed by atoms with Crippen molar-refractivity contribution in [2.75, 3.05) is 26.2 Å². The van der Waals surface area contributed by atoms with E-state index in [9.17, 15) is 4.79 Å². The van der Waals surface area contributed by atoms with Crippen molar-refractivity contribution >= 4 is 28.4 Å². The van der Waals surface area contributed by atoms with Gasteiger partial charge in [-0.25, -0.2) is 4.98 Å². The number of aromatic nitrogens is 1. The summed E-state index contributed by atoms with van der Waals surface area (Å²) in [5.74, 6) is -0.184. The monoisotopic (exact) mass is 349 g/mol. The van der Waals surface area contributed by atoms with Gasteiger partial charge in [-0.15, -0.1) is 0 Å².